The fraction of sp³-hybridized carbons (Fsp3) is 0.923. The van der Waals surface area contributed by atoms with Gasteiger partial charge in [-0.05, 0) is 43.4 Å². The number of likely N-dealkylation sites (tertiary alicyclic amines) is 1. The van der Waals surface area contributed by atoms with Crippen molar-refractivity contribution in [3.63, 3.8) is 0 Å². The van der Waals surface area contributed by atoms with Crippen molar-refractivity contribution in [3.05, 3.63) is 0 Å². The van der Waals surface area contributed by atoms with E-state index in [-0.39, 0.29) is 24.4 Å². The van der Waals surface area contributed by atoms with Crippen molar-refractivity contribution in [3.8, 4) is 0 Å². The van der Waals surface area contributed by atoms with Crippen molar-refractivity contribution in [2.45, 2.75) is 31.9 Å². The van der Waals surface area contributed by atoms with Crippen LogP contribution in [0.25, 0.3) is 0 Å². The summed E-state index contributed by atoms with van der Waals surface area (Å²) in [5.74, 6) is 0.777. The van der Waals surface area contributed by atoms with Gasteiger partial charge in [0.1, 0.15) is 6.23 Å². The van der Waals surface area contributed by atoms with E-state index < -0.39 is 7.60 Å². The minimum absolute atomic E-state index is 0.0332. The highest BCUT2D eigenvalue weighted by Crippen LogP contribution is 2.46. The lowest BCUT2D eigenvalue weighted by atomic mass is 9.71. The van der Waals surface area contributed by atoms with E-state index in [4.69, 9.17) is 19.3 Å². The second kappa shape index (κ2) is 6.65. The molecule has 0 spiro atoms. The summed E-state index contributed by atoms with van der Waals surface area (Å²) in [5.41, 5.74) is 0. The van der Waals surface area contributed by atoms with Crippen LogP contribution in [-0.2, 0) is 14.0 Å². The average molecular weight is 321 g/mol. The standard InChI is InChI=1S/C13H24NO6P/c1-19-12-6-11-5-9(8-21(16,17)18)3-4-10(11)7-14(12)13(15)20-2/h9-12H,3-8H2,1-2H3,(H2,16,17,18)/t9-,10-,11+,12?/m0/s1. The van der Waals surface area contributed by atoms with Gasteiger partial charge in [-0.3, -0.25) is 9.46 Å². The highest BCUT2D eigenvalue weighted by Gasteiger charge is 2.42. The Morgan fingerprint density at radius 2 is 1.95 bits per heavy atom. The van der Waals surface area contributed by atoms with E-state index in [1.54, 1.807) is 12.0 Å². The highest BCUT2D eigenvalue weighted by molar-refractivity contribution is 7.51. The quantitative estimate of drug-likeness (QED) is 0.767. The maximum atomic E-state index is 11.8. The van der Waals surface area contributed by atoms with E-state index in [9.17, 15) is 9.36 Å². The van der Waals surface area contributed by atoms with Gasteiger partial charge >= 0.3 is 13.7 Å². The Hall–Kier alpha value is -0.620. The van der Waals surface area contributed by atoms with Crippen LogP contribution in [0.4, 0.5) is 4.79 Å². The van der Waals surface area contributed by atoms with Crippen LogP contribution in [0.1, 0.15) is 25.7 Å². The van der Waals surface area contributed by atoms with E-state index in [0.717, 1.165) is 19.3 Å². The van der Waals surface area contributed by atoms with E-state index in [2.05, 4.69) is 0 Å². The molecule has 122 valence electrons. The van der Waals surface area contributed by atoms with Crippen molar-refractivity contribution >= 4 is 13.7 Å². The van der Waals surface area contributed by atoms with E-state index in [0.29, 0.717) is 24.8 Å². The summed E-state index contributed by atoms with van der Waals surface area (Å²) in [6, 6.07) is 0. The molecule has 1 aliphatic carbocycles. The lowest BCUT2D eigenvalue weighted by Gasteiger charge is -2.46. The Bertz CT molecular complexity index is 425. The number of hydrogen-bond acceptors (Lipinski definition) is 4. The van der Waals surface area contributed by atoms with Gasteiger partial charge in [-0.1, -0.05) is 0 Å². The van der Waals surface area contributed by atoms with Gasteiger partial charge in [-0.15, -0.1) is 0 Å². The molecule has 2 fully saturated rings. The van der Waals surface area contributed by atoms with Gasteiger partial charge in [0.15, 0.2) is 0 Å². The molecule has 0 aromatic carbocycles. The van der Waals surface area contributed by atoms with Crippen LogP contribution >= 0.6 is 7.60 Å². The summed E-state index contributed by atoms with van der Waals surface area (Å²) >= 11 is 0. The molecule has 2 aliphatic rings. The van der Waals surface area contributed by atoms with E-state index >= 15 is 0 Å². The smallest absolute Gasteiger partial charge is 0.411 e. The predicted molar refractivity (Wildman–Crippen MR) is 75.8 cm³/mol. The van der Waals surface area contributed by atoms with Crippen LogP contribution in [0, 0.1) is 17.8 Å². The first-order valence-electron chi connectivity index (χ1n) is 7.26. The first-order chi connectivity index (χ1) is 9.84. The fourth-order valence-electron chi connectivity index (χ4n) is 3.74. The third-order valence-corrected chi connectivity index (χ3v) is 5.70. The minimum atomic E-state index is -3.95. The summed E-state index contributed by atoms with van der Waals surface area (Å²) in [7, 11) is -1.03. The molecule has 4 atom stereocenters. The molecule has 0 radical (unpaired) electrons. The number of carbonyl (C=O) groups is 1. The number of rotatable bonds is 3. The van der Waals surface area contributed by atoms with Crippen molar-refractivity contribution in [1.29, 1.82) is 0 Å². The molecule has 1 aliphatic heterocycles. The summed E-state index contributed by atoms with van der Waals surface area (Å²) in [5, 5.41) is 0. The summed E-state index contributed by atoms with van der Waals surface area (Å²) in [6.45, 7) is 0.596. The number of hydrogen-bond donors (Lipinski definition) is 2. The van der Waals surface area contributed by atoms with Gasteiger partial charge < -0.3 is 19.3 Å². The molecule has 0 aromatic heterocycles. The Morgan fingerprint density at radius 3 is 2.52 bits per heavy atom. The number of nitrogens with zero attached hydrogens (tertiary/aromatic N) is 1. The zero-order chi connectivity index (χ0) is 15.6. The number of piperidine rings is 1. The third-order valence-electron chi connectivity index (χ3n) is 4.71. The molecule has 1 saturated carbocycles. The molecule has 1 unspecified atom stereocenters. The van der Waals surface area contributed by atoms with Gasteiger partial charge in [0.05, 0.1) is 13.3 Å². The van der Waals surface area contributed by atoms with Crippen LogP contribution in [0.5, 0.6) is 0 Å². The molecule has 1 saturated heterocycles. The van der Waals surface area contributed by atoms with Crippen LogP contribution in [0.15, 0.2) is 0 Å². The molecule has 0 aromatic rings. The molecule has 2 N–H and O–H groups in total. The second-order valence-corrected chi connectivity index (χ2v) is 7.79. The number of fused-ring (bicyclic) bond motifs is 1. The third kappa shape index (κ3) is 4.19. The Kier molecular flexibility index (Phi) is 5.30. The molecular weight excluding hydrogens is 297 g/mol. The van der Waals surface area contributed by atoms with Crippen molar-refractivity contribution < 1.29 is 28.6 Å². The molecule has 0 bridgehead atoms. The monoisotopic (exact) mass is 321 g/mol. The molecule has 1 amide bonds. The normalized spacial score (nSPS) is 33.4. The number of ether oxygens (including phenoxy) is 2. The van der Waals surface area contributed by atoms with E-state index in [1.807, 2.05) is 0 Å². The Morgan fingerprint density at radius 1 is 1.24 bits per heavy atom. The second-order valence-electron chi connectivity index (χ2n) is 6.09. The molecule has 2 rings (SSSR count). The largest absolute Gasteiger partial charge is 0.453 e. The Labute approximate surface area is 124 Å². The lowest BCUT2D eigenvalue weighted by Crippen LogP contribution is -2.52. The zero-order valence-electron chi connectivity index (χ0n) is 12.5. The van der Waals surface area contributed by atoms with Gasteiger partial charge in [-0.25, -0.2) is 4.79 Å². The van der Waals surface area contributed by atoms with Crippen LogP contribution in [0.2, 0.25) is 0 Å². The maximum absolute atomic E-state index is 11.8. The summed E-state index contributed by atoms with van der Waals surface area (Å²) in [4.78, 5) is 31.7. The number of carbonyl (C=O) groups excluding carboxylic acids is 1. The van der Waals surface area contributed by atoms with Crippen molar-refractivity contribution in [2.75, 3.05) is 26.9 Å². The van der Waals surface area contributed by atoms with Gasteiger partial charge in [0.25, 0.3) is 0 Å². The number of amides is 1. The van der Waals surface area contributed by atoms with Crippen LogP contribution in [0.3, 0.4) is 0 Å². The molecule has 7 nitrogen and oxygen atoms in total. The van der Waals surface area contributed by atoms with Crippen molar-refractivity contribution in [2.24, 2.45) is 17.8 Å². The molecular formula is C13H24NO6P. The minimum Gasteiger partial charge on any atom is -0.453 e. The van der Waals surface area contributed by atoms with Crippen LogP contribution in [-0.4, -0.2) is 53.9 Å². The summed E-state index contributed by atoms with van der Waals surface area (Å²) in [6.07, 6.45) is 2.47. The first kappa shape index (κ1) is 16.7. The maximum Gasteiger partial charge on any atom is 0.411 e. The lowest BCUT2D eigenvalue weighted by molar-refractivity contribution is -0.0883. The van der Waals surface area contributed by atoms with Crippen LogP contribution < -0.4 is 0 Å². The summed E-state index contributed by atoms with van der Waals surface area (Å²) < 4.78 is 21.3. The highest BCUT2D eigenvalue weighted by atomic mass is 31.2. The molecule has 8 heteroatoms. The first-order valence-corrected chi connectivity index (χ1v) is 9.05. The Balaban J connectivity index is 2.00. The topological polar surface area (TPSA) is 96.3 Å². The number of methoxy groups -OCH3 is 2. The van der Waals surface area contributed by atoms with Gasteiger partial charge in [0, 0.05) is 13.7 Å². The zero-order valence-corrected chi connectivity index (χ0v) is 13.4. The SMILES string of the molecule is COC(=O)N1C[C@@H]2CC[C@H](CP(=O)(O)O)C[C@@H]2CC1OC. The van der Waals surface area contributed by atoms with Gasteiger partial charge in [0.2, 0.25) is 0 Å². The van der Waals surface area contributed by atoms with Crippen molar-refractivity contribution in [1.82, 2.24) is 4.90 Å². The predicted octanol–water partition coefficient (Wildman–Crippen LogP) is 1.64. The molecule has 1 heterocycles. The van der Waals surface area contributed by atoms with E-state index in [1.165, 1.54) is 7.11 Å². The fourth-order valence-corrected chi connectivity index (χ4v) is 4.75. The average Bonchev–Trinajstić information content (AvgIpc) is 2.43. The molecule has 21 heavy (non-hydrogen) atoms. The van der Waals surface area contributed by atoms with Gasteiger partial charge in [-0.2, -0.15) is 0 Å².